The fourth-order valence-electron chi connectivity index (χ4n) is 0.942. The number of rotatable bonds is 4. The Balaban J connectivity index is 2.40. The van der Waals surface area contributed by atoms with Gasteiger partial charge in [0, 0.05) is 22.1 Å². The van der Waals surface area contributed by atoms with Gasteiger partial charge in [0.2, 0.25) is 0 Å². The van der Waals surface area contributed by atoms with Crippen LogP contribution in [-0.2, 0) is 0 Å². The van der Waals surface area contributed by atoms with Gasteiger partial charge in [-0.05, 0) is 18.2 Å². The first kappa shape index (κ1) is 13.5. The second-order valence-electron chi connectivity index (χ2n) is 2.82. The average Bonchev–Trinajstić information content (AvgIpc) is 2.16. The van der Waals surface area contributed by atoms with Crippen molar-refractivity contribution in [2.75, 3.05) is 17.2 Å². The predicted octanol–water partition coefficient (Wildman–Crippen LogP) is 3.75. The van der Waals surface area contributed by atoms with Crippen molar-refractivity contribution in [1.82, 2.24) is 0 Å². The third-order valence-corrected chi connectivity index (χ3v) is 3.65. The van der Waals surface area contributed by atoms with E-state index in [2.05, 4.69) is 0 Å². The number of hydrogen-bond acceptors (Lipinski definition) is 3. The van der Waals surface area contributed by atoms with Crippen molar-refractivity contribution in [3.8, 4) is 0 Å². The summed E-state index contributed by atoms with van der Waals surface area (Å²) in [7, 11) is 0. The van der Waals surface area contributed by atoms with Crippen LogP contribution in [0.5, 0.6) is 0 Å². The molecular formula is C9H9F4NS2. The summed E-state index contributed by atoms with van der Waals surface area (Å²) in [4.78, 5) is 0.475. The highest BCUT2D eigenvalue weighted by molar-refractivity contribution is 8.03. The summed E-state index contributed by atoms with van der Waals surface area (Å²) in [5, 5.41) is 0. The molecule has 1 aromatic rings. The molecule has 1 aromatic carbocycles. The van der Waals surface area contributed by atoms with Gasteiger partial charge in [0.25, 0.3) is 0 Å². The van der Waals surface area contributed by atoms with Gasteiger partial charge in [0.05, 0.1) is 0 Å². The zero-order valence-electron chi connectivity index (χ0n) is 8.05. The third-order valence-electron chi connectivity index (χ3n) is 1.58. The van der Waals surface area contributed by atoms with E-state index in [0.29, 0.717) is 10.6 Å². The van der Waals surface area contributed by atoms with Gasteiger partial charge >= 0.3 is 5.51 Å². The van der Waals surface area contributed by atoms with Crippen molar-refractivity contribution in [2.45, 2.75) is 10.4 Å². The SMILES string of the molecule is Nc1ccc(F)cc1SCCSC(F)(F)F. The van der Waals surface area contributed by atoms with Crippen LogP contribution < -0.4 is 5.73 Å². The first-order valence-electron chi connectivity index (χ1n) is 4.27. The zero-order valence-corrected chi connectivity index (χ0v) is 9.68. The van der Waals surface area contributed by atoms with Crippen LogP contribution in [0.1, 0.15) is 0 Å². The Morgan fingerprint density at radius 2 is 1.88 bits per heavy atom. The molecule has 0 amide bonds. The molecule has 0 aliphatic carbocycles. The molecule has 0 bridgehead atoms. The number of hydrogen-bond donors (Lipinski definition) is 1. The van der Waals surface area contributed by atoms with Gasteiger partial charge in [-0.1, -0.05) is 11.8 Å². The number of alkyl halides is 3. The minimum absolute atomic E-state index is 0.0792. The van der Waals surface area contributed by atoms with E-state index in [-0.39, 0.29) is 23.3 Å². The fraction of sp³-hybridized carbons (Fsp3) is 0.333. The summed E-state index contributed by atoms with van der Waals surface area (Å²) in [6.45, 7) is 0. The third kappa shape index (κ3) is 4.98. The molecule has 1 rings (SSSR count). The normalized spacial score (nSPS) is 11.8. The molecule has 0 unspecified atom stereocenters. The molecule has 2 N–H and O–H groups in total. The largest absolute Gasteiger partial charge is 0.441 e. The summed E-state index contributed by atoms with van der Waals surface area (Å²) >= 11 is 1.02. The molecular weight excluding hydrogens is 262 g/mol. The molecule has 0 aromatic heterocycles. The molecule has 0 fully saturated rings. The van der Waals surface area contributed by atoms with E-state index in [9.17, 15) is 17.6 Å². The highest BCUT2D eigenvalue weighted by atomic mass is 32.2. The molecule has 0 saturated carbocycles. The van der Waals surface area contributed by atoms with E-state index in [0.717, 1.165) is 11.8 Å². The van der Waals surface area contributed by atoms with Crippen LogP contribution in [0.3, 0.4) is 0 Å². The minimum atomic E-state index is -4.21. The monoisotopic (exact) mass is 271 g/mol. The minimum Gasteiger partial charge on any atom is -0.398 e. The number of halogens is 4. The highest BCUT2D eigenvalue weighted by Gasteiger charge is 2.27. The topological polar surface area (TPSA) is 26.0 Å². The van der Waals surface area contributed by atoms with Crippen molar-refractivity contribution in [1.29, 1.82) is 0 Å². The van der Waals surface area contributed by atoms with Gasteiger partial charge in [0.15, 0.2) is 0 Å². The van der Waals surface area contributed by atoms with E-state index < -0.39 is 11.3 Å². The van der Waals surface area contributed by atoms with Crippen LogP contribution >= 0.6 is 23.5 Å². The Bertz CT molecular complexity index is 354. The van der Waals surface area contributed by atoms with Crippen LogP contribution in [0, 0.1) is 5.82 Å². The van der Waals surface area contributed by atoms with Crippen LogP contribution in [0.4, 0.5) is 23.2 Å². The smallest absolute Gasteiger partial charge is 0.398 e. The maximum absolute atomic E-state index is 12.8. The summed E-state index contributed by atoms with van der Waals surface area (Å²) in [6.07, 6.45) is 0. The van der Waals surface area contributed by atoms with E-state index in [1.54, 1.807) is 0 Å². The maximum Gasteiger partial charge on any atom is 0.441 e. The molecule has 0 aliphatic rings. The van der Waals surface area contributed by atoms with Crippen molar-refractivity contribution >= 4 is 29.2 Å². The molecule has 0 spiro atoms. The van der Waals surface area contributed by atoms with Crippen molar-refractivity contribution in [3.05, 3.63) is 24.0 Å². The number of thioether (sulfide) groups is 2. The Hall–Kier alpha value is -0.560. The Morgan fingerprint density at radius 1 is 1.19 bits per heavy atom. The van der Waals surface area contributed by atoms with Gasteiger partial charge in [0.1, 0.15) is 5.82 Å². The Morgan fingerprint density at radius 3 is 2.50 bits per heavy atom. The number of nitrogens with two attached hydrogens (primary N) is 1. The van der Waals surface area contributed by atoms with E-state index in [1.807, 2.05) is 0 Å². The quantitative estimate of drug-likeness (QED) is 0.391. The average molecular weight is 271 g/mol. The van der Waals surface area contributed by atoms with Crippen LogP contribution in [0.2, 0.25) is 0 Å². The first-order valence-corrected chi connectivity index (χ1v) is 6.24. The summed E-state index contributed by atoms with van der Waals surface area (Å²) in [6, 6.07) is 3.83. The van der Waals surface area contributed by atoms with Gasteiger partial charge in [-0.2, -0.15) is 13.2 Å². The van der Waals surface area contributed by atoms with Crippen molar-refractivity contribution in [3.63, 3.8) is 0 Å². The zero-order chi connectivity index (χ0) is 12.2. The maximum atomic E-state index is 12.8. The molecule has 7 heteroatoms. The highest BCUT2D eigenvalue weighted by Crippen LogP contribution is 2.32. The summed E-state index contributed by atoms with van der Waals surface area (Å²) in [5.74, 6) is -0.290. The predicted molar refractivity (Wildman–Crippen MR) is 60.0 cm³/mol. The Labute approximate surface area is 98.8 Å². The first-order chi connectivity index (χ1) is 7.38. The van der Waals surface area contributed by atoms with Gasteiger partial charge in [-0.3, -0.25) is 0 Å². The summed E-state index contributed by atoms with van der Waals surface area (Å²) in [5.41, 5.74) is 1.70. The van der Waals surface area contributed by atoms with Gasteiger partial charge in [-0.25, -0.2) is 4.39 Å². The fourth-order valence-corrected chi connectivity index (χ4v) is 2.49. The van der Waals surface area contributed by atoms with Crippen LogP contribution in [-0.4, -0.2) is 17.0 Å². The molecule has 0 radical (unpaired) electrons. The lowest BCUT2D eigenvalue weighted by molar-refractivity contribution is -0.0326. The Kier molecular flexibility index (Phi) is 4.79. The van der Waals surface area contributed by atoms with Crippen LogP contribution in [0.25, 0.3) is 0 Å². The second-order valence-corrected chi connectivity index (χ2v) is 5.12. The van der Waals surface area contributed by atoms with Gasteiger partial charge in [-0.15, -0.1) is 11.8 Å². The lowest BCUT2D eigenvalue weighted by Crippen LogP contribution is -2.02. The lowest BCUT2D eigenvalue weighted by atomic mass is 10.3. The molecule has 0 heterocycles. The molecule has 0 saturated heterocycles. The number of anilines is 1. The lowest BCUT2D eigenvalue weighted by Gasteiger charge is -2.07. The van der Waals surface area contributed by atoms with Gasteiger partial charge < -0.3 is 5.73 Å². The van der Waals surface area contributed by atoms with E-state index >= 15 is 0 Å². The molecule has 90 valence electrons. The van der Waals surface area contributed by atoms with E-state index in [4.69, 9.17) is 5.73 Å². The number of benzene rings is 1. The standard InChI is InChI=1S/C9H9F4NS2/c10-6-1-2-7(14)8(5-6)15-3-4-16-9(11,12)13/h1-2,5H,3-4,14H2. The summed E-state index contributed by atoms with van der Waals surface area (Å²) < 4.78 is 48.2. The number of nitrogen functional groups attached to an aromatic ring is 1. The van der Waals surface area contributed by atoms with E-state index in [1.165, 1.54) is 18.2 Å². The second kappa shape index (κ2) is 5.67. The molecule has 0 aliphatic heterocycles. The molecule has 16 heavy (non-hydrogen) atoms. The van der Waals surface area contributed by atoms with Crippen molar-refractivity contribution < 1.29 is 17.6 Å². The van der Waals surface area contributed by atoms with Crippen molar-refractivity contribution in [2.24, 2.45) is 0 Å². The van der Waals surface area contributed by atoms with Crippen LogP contribution in [0.15, 0.2) is 23.1 Å². The molecule has 1 nitrogen and oxygen atoms in total. The molecule has 0 atom stereocenters.